The summed E-state index contributed by atoms with van der Waals surface area (Å²) in [6, 6.07) is 3.49. The molecular weight excluding hydrogens is 408 g/mol. The van der Waals surface area contributed by atoms with Gasteiger partial charge in [-0.1, -0.05) is 0 Å². The van der Waals surface area contributed by atoms with Gasteiger partial charge >= 0.3 is 0 Å². The highest BCUT2D eigenvalue weighted by atomic mass is 79.9. The molecule has 1 saturated heterocycles. The number of rotatable bonds is 6. The molecule has 134 valence electrons. The topological polar surface area (TPSA) is 67.9 Å². The van der Waals surface area contributed by atoms with Crippen LogP contribution >= 0.6 is 28.1 Å². The Morgan fingerprint density at radius 1 is 1.16 bits per heavy atom. The molecule has 0 unspecified atom stereocenters. The maximum Gasteiger partial charge on any atom is 0.265 e. The van der Waals surface area contributed by atoms with E-state index in [1.807, 2.05) is 13.8 Å². The van der Waals surface area contributed by atoms with Gasteiger partial charge in [0.15, 0.2) is 5.11 Å². The van der Waals surface area contributed by atoms with Gasteiger partial charge in [-0.05, 0) is 61.1 Å². The van der Waals surface area contributed by atoms with Gasteiger partial charge in [-0.2, -0.15) is 0 Å². The van der Waals surface area contributed by atoms with E-state index in [-0.39, 0.29) is 10.7 Å². The van der Waals surface area contributed by atoms with Crippen LogP contribution in [-0.2, 0) is 9.59 Å². The fourth-order valence-electron chi connectivity index (χ4n) is 2.35. The van der Waals surface area contributed by atoms with Crippen molar-refractivity contribution in [2.45, 2.75) is 20.8 Å². The lowest BCUT2D eigenvalue weighted by atomic mass is 10.1. The average Bonchev–Trinajstić information content (AvgIpc) is 2.55. The van der Waals surface area contributed by atoms with Crippen LogP contribution in [0.2, 0.25) is 0 Å². The first-order chi connectivity index (χ1) is 11.9. The zero-order valence-corrected chi connectivity index (χ0v) is 16.6. The first kappa shape index (κ1) is 19.4. The number of halogens is 1. The van der Waals surface area contributed by atoms with E-state index in [1.54, 1.807) is 19.1 Å². The fourth-order valence-corrected chi connectivity index (χ4v) is 3.13. The third-order valence-corrected chi connectivity index (χ3v) is 4.41. The van der Waals surface area contributed by atoms with Gasteiger partial charge in [0.25, 0.3) is 11.8 Å². The summed E-state index contributed by atoms with van der Waals surface area (Å²) in [5.41, 5.74) is 0.604. The van der Waals surface area contributed by atoms with Crippen LogP contribution in [0.1, 0.15) is 26.3 Å². The SMILES string of the molecule is CCOc1cc(OCC)c(/C=C2\C(=O)NC(=S)N(CC)C2=O)cc1Br. The predicted molar refractivity (Wildman–Crippen MR) is 103 cm³/mol. The first-order valence-electron chi connectivity index (χ1n) is 7.90. The number of hydrogen-bond donors (Lipinski definition) is 1. The standard InChI is InChI=1S/C17H19BrN2O4S/c1-4-20-16(22)11(15(21)19-17(20)25)7-10-8-12(18)14(24-6-3)9-13(10)23-5-2/h7-9H,4-6H2,1-3H3,(H,19,21,25)/b11-7+. The predicted octanol–water partition coefficient (Wildman–Crippen LogP) is 2.89. The van der Waals surface area contributed by atoms with Gasteiger partial charge in [-0.15, -0.1) is 0 Å². The minimum Gasteiger partial charge on any atom is -0.493 e. The van der Waals surface area contributed by atoms with Gasteiger partial charge in [0.05, 0.1) is 17.7 Å². The Bertz CT molecular complexity index is 748. The molecule has 0 saturated carbocycles. The van der Waals surface area contributed by atoms with Gasteiger partial charge in [0.2, 0.25) is 0 Å². The van der Waals surface area contributed by atoms with Crippen molar-refractivity contribution in [1.29, 1.82) is 0 Å². The van der Waals surface area contributed by atoms with Crippen molar-refractivity contribution in [1.82, 2.24) is 10.2 Å². The molecule has 8 heteroatoms. The van der Waals surface area contributed by atoms with E-state index in [0.717, 1.165) is 0 Å². The van der Waals surface area contributed by atoms with Crippen molar-refractivity contribution in [3.8, 4) is 11.5 Å². The number of nitrogens with zero attached hydrogens (tertiary/aromatic N) is 1. The van der Waals surface area contributed by atoms with Crippen molar-refractivity contribution < 1.29 is 19.1 Å². The molecule has 2 rings (SSSR count). The second-order valence-electron chi connectivity index (χ2n) is 5.05. The molecule has 1 fully saturated rings. The van der Waals surface area contributed by atoms with Crippen molar-refractivity contribution in [2.24, 2.45) is 0 Å². The Kier molecular flexibility index (Phi) is 6.55. The van der Waals surface area contributed by atoms with Crippen LogP contribution in [0.15, 0.2) is 22.2 Å². The van der Waals surface area contributed by atoms with Crippen molar-refractivity contribution in [3.63, 3.8) is 0 Å². The van der Waals surface area contributed by atoms with E-state index < -0.39 is 11.8 Å². The lowest BCUT2D eigenvalue weighted by Gasteiger charge is -2.27. The Morgan fingerprint density at radius 3 is 2.40 bits per heavy atom. The zero-order chi connectivity index (χ0) is 18.6. The van der Waals surface area contributed by atoms with E-state index in [9.17, 15) is 9.59 Å². The summed E-state index contributed by atoms with van der Waals surface area (Å²) in [5.74, 6) is 0.207. The van der Waals surface area contributed by atoms with Crippen LogP contribution in [0.3, 0.4) is 0 Å². The molecule has 1 aromatic carbocycles. The molecule has 25 heavy (non-hydrogen) atoms. The number of nitrogens with one attached hydrogen (secondary N) is 1. The monoisotopic (exact) mass is 426 g/mol. The van der Waals surface area contributed by atoms with Crippen molar-refractivity contribution in [2.75, 3.05) is 19.8 Å². The van der Waals surface area contributed by atoms with E-state index in [2.05, 4.69) is 21.2 Å². The highest BCUT2D eigenvalue weighted by molar-refractivity contribution is 9.10. The molecule has 1 aliphatic rings. The highest BCUT2D eigenvalue weighted by Gasteiger charge is 2.32. The molecule has 0 radical (unpaired) electrons. The second-order valence-corrected chi connectivity index (χ2v) is 6.29. The van der Waals surface area contributed by atoms with E-state index in [4.69, 9.17) is 21.7 Å². The van der Waals surface area contributed by atoms with Gasteiger partial charge < -0.3 is 9.47 Å². The Balaban J connectivity index is 2.51. The lowest BCUT2D eigenvalue weighted by Crippen LogP contribution is -2.53. The van der Waals surface area contributed by atoms with Gasteiger partial charge in [-0.25, -0.2) is 0 Å². The molecule has 6 nitrogen and oxygen atoms in total. The van der Waals surface area contributed by atoms with Crippen LogP contribution in [0.25, 0.3) is 6.08 Å². The third-order valence-electron chi connectivity index (χ3n) is 3.47. The highest BCUT2D eigenvalue weighted by Crippen LogP contribution is 2.35. The van der Waals surface area contributed by atoms with Gasteiger partial charge in [0.1, 0.15) is 17.1 Å². The second kappa shape index (κ2) is 8.44. The number of benzene rings is 1. The first-order valence-corrected chi connectivity index (χ1v) is 9.11. The fraction of sp³-hybridized carbons (Fsp3) is 0.353. The van der Waals surface area contributed by atoms with Crippen LogP contribution in [-0.4, -0.2) is 41.6 Å². The zero-order valence-electron chi connectivity index (χ0n) is 14.2. The number of hydrogen-bond acceptors (Lipinski definition) is 5. The van der Waals surface area contributed by atoms with Crippen LogP contribution in [0.4, 0.5) is 0 Å². The number of amides is 2. The number of carbonyl (C=O) groups is 2. The molecule has 0 atom stereocenters. The minimum atomic E-state index is -0.521. The van der Waals surface area contributed by atoms with Crippen LogP contribution < -0.4 is 14.8 Å². The van der Waals surface area contributed by atoms with Gasteiger partial charge in [-0.3, -0.25) is 19.8 Å². The summed E-state index contributed by atoms with van der Waals surface area (Å²) in [7, 11) is 0. The van der Waals surface area contributed by atoms with E-state index in [1.165, 1.54) is 11.0 Å². The summed E-state index contributed by atoms with van der Waals surface area (Å²) in [4.78, 5) is 26.1. The summed E-state index contributed by atoms with van der Waals surface area (Å²) in [6.45, 7) is 6.85. The maximum atomic E-state index is 12.5. The third kappa shape index (κ3) is 4.19. The van der Waals surface area contributed by atoms with E-state index >= 15 is 0 Å². The van der Waals surface area contributed by atoms with E-state index in [0.29, 0.717) is 41.3 Å². The molecular formula is C17H19BrN2O4S. The Labute approximate surface area is 160 Å². The summed E-state index contributed by atoms with van der Waals surface area (Å²) in [6.07, 6.45) is 1.51. The molecule has 1 aliphatic heterocycles. The normalized spacial score (nSPS) is 16.2. The maximum absolute atomic E-state index is 12.5. The van der Waals surface area contributed by atoms with Gasteiger partial charge in [0, 0.05) is 18.2 Å². The molecule has 1 heterocycles. The lowest BCUT2D eigenvalue weighted by molar-refractivity contribution is -0.128. The van der Waals surface area contributed by atoms with Crippen molar-refractivity contribution in [3.05, 3.63) is 27.7 Å². The molecule has 0 aliphatic carbocycles. The summed E-state index contributed by atoms with van der Waals surface area (Å²) in [5, 5.41) is 2.65. The molecule has 0 bridgehead atoms. The average molecular weight is 427 g/mol. The number of thiocarbonyl (C=S) groups is 1. The molecule has 1 N–H and O–H groups in total. The summed E-state index contributed by atoms with van der Waals surface area (Å²) < 4.78 is 11.9. The Morgan fingerprint density at radius 2 is 1.80 bits per heavy atom. The summed E-state index contributed by atoms with van der Waals surface area (Å²) >= 11 is 8.47. The van der Waals surface area contributed by atoms with Crippen LogP contribution in [0.5, 0.6) is 11.5 Å². The molecule has 1 aromatic rings. The smallest absolute Gasteiger partial charge is 0.265 e. The quantitative estimate of drug-likeness (QED) is 0.430. The van der Waals surface area contributed by atoms with Crippen LogP contribution in [0, 0.1) is 0 Å². The number of carbonyl (C=O) groups excluding carboxylic acids is 2. The van der Waals surface area contributed by atoms with Crippen molar-refractivity contribution >= 4 is 51.2 Å². The molecule has 0 aromatic heterocycles. The number of ether oxygens (including phenoxy) is 2. The Hall–Kier alpha value is -1.93. The molecule has 2 amide bonds. The number of likely N-dealkylation sites (N-methyl/N-ethyl adjacent to an activating group) is 1. The minimum absolute atomic E-state index is 0.00691. The molecule has 0 spiro atoms. The largest absolute Gasteiger partial charge is 0.493 e.